The van der Waals surface area contributed by atoms with Crippen LogP contribution in [0, 0.1) is 12.8 Å². The number of amides is 3. The minimum atomic E-state index is -0.824. The molecule has 10 nitrogen and oxygen atoms in total. The van der Waals surface area contributed by atoms with Gasteiger partial charge in [0.05, 0.1) is 38.0 Å². The van der Waals surface area contributed by atoms with E-state index in [0.29, 0.717) is 44.1 Å². The predicted octanol–water partition coefficient (Wildman–Crippen LogP) is 4.68. The summed E-state index contributed by atoms with van der Waals surface area (Å²) in [6.45, 7) is 1.64. The van der Waals surface area contributed by atoms with Gasteiger partial charge in [-0.2, -0.15) is 0 Å². The zero-order valence-electron chi connectivity index (χ0n) is 24.4. The molecule has 226 valence electrons. The fraction of sp³-hybridized carbons (Fsp3) is 0.250. The van der Waals surface area contributed by atoms with Gasteiger partial charge >= 0.3 is 4.87 Å². The van der Waals surface area contributed by atoms with Gasteiger partial charge in [-0.3, -0.25) is 23.7 Å². The summed E-state index contributed by atoms with van der Waals surface area (Å²) in [6.07, 6.45) is 0. The molecule has 2 aliphatic heterocycles. The second-order valence-electron chi connectivity index (χ2n) is 10.4. The van der Waals surface area contributed by atoms with Crippen molar-refractivity contribution in [1.29, 1.82) is 0 Å². The zero-order valence-corrected chi connectivity index (χ0v) is 26.0. The Hall–Kier alpha value is -4.55. The van der Waals surface area contributed by atoms with Crippen molar-refractivity contribution in [2.24, 2.45) is 5.92 Å². The second kappa shape index (κ2) is 11.9. The molecule has 3 atom stereocenters. The van der Waals surface area contributed by atoms with E-state index in [1.54, 1.807) is 49.6 Å². The number of benzene rings is 3. The Balaban J connectivity index is 1.44. The van der Waals surface area contributed by atoms with Gasteiger partial charge in [-0.25, -0.2) is 4.90 Å². The average Bonchev–Trinajstić information content (AvgIpc) is 3.47. The summed E-state index contributed by atoms with van der Waals surface area (Å²) < 4.78 is 17.6. The van der Waals surface area contributed by atoms with Gasteiger partial charge in [0.15, 0.2) is 11.5 Å². The molecular weight excluding hydrogens is 603 g/mol. The number of aromatic nitrogens is 1. The van der Waals surface area contributed by atoms with Crippen molar-refractivity contribution in [3.05, 3.63) is 92.4 Å². The minimum Gasteiger partial charge on any atom is -0.497 e. The summed E-state index contributed by atoms with van der Waals surface area (Å²) in [5.74, 6) is -1.02. The first kappa shape index (κ1) is 29.5. The van der Waals surface area contributed by atoms with Crippen LogP contribution in [0.4, 0.5) is 11.4 Å². The number of imide groups is 1. The molecule has 0 spiro atoms. The Morgan fingerprint density at radius 3 is 2.30 bits per heavy atom. The highest BCUT2D eigenvalue weighted by atomic mass is 32.2. The number of aryl methyl sites for hydroxylation is 1. The number of ether oxygens (including phenoxy) is 3. The molecule has 3 aromatic carbocycles. The number of fused-ring (bicyclic) bond motifs is 2. The fourth-order valence-electron chi connectivity index (χ4n) is 5.69. The van der Waals surface area contributed by atoms with E-state index in [9.17, 15) is 19.2 Å². The minimum absolute atomic E-state index is 0.244. The van der Waals surface area contributed by atoms with Crippen LogP contribution in [0.1, 0.15) is 21.9 Å². The number of anilines is 2. The number of para-hydroxylation sites is 1. The Kier molecular flexibility index (Phi) is 7.95. The van der Waals surface area contributed by atoms with Crippen LogP contribution in [0.5, 0.6) is 17.2 Å². The van der Waals surface area contributed by atoms with Gasteiger partial charge in [-0.1, -0.05) is 47.4 Å². The molecule has 1 aromatic heterocycles. The van der Waals surface area contributed by atoms with Crippen molar-refractivity contribution in [3.63, 3.8) is 0 Å². The molecule has 0 saturated carbocycles. The predicted molar refractivity (Wildman–Crippen MR) is 168 cm³/mol. The summed E-state index contributed by atoms with van der Waals surface area (Å²) >= 11 is 2.15. The highest BCUT2D eigenvalue weighted by molar-refractivity contribution is 8.00. The van der Waals surface area contributed by atoms with Crippen molar-refractivity contribution in [1.82, 2.24) is 4.57 Å². The number of carbonyl (C=O) groups is 3. The number of nitrogens with one attached hydrogen (secondary N) is 1. The van der Waals surface area contributed by atoms with Gasteiger partial charge in [0.25, 0.3) is 0 Å². The van der Waals surface area contributed by atoms with Crippen LogP contribution in [0.2, 0.25) is 0 Å². The lowest BCUT2D eigenvalue weighted by atomic mass is 9.83. The van der Waals surface area contributed by atoms with Crippen molar-refractivity contribution in [2.45, 2.75) is 29.7 Å². The van der Waals surface area contributed by atoms with E-state index in [-0.39, 0.29) is 29.1 Å². The molecule has 3 amide bonds. The van der Waals surface area contributed by atoms with Gasteiger partial charge in [-0.05, 0) is 60.5 Å². The Bertz CT molecular complexity index is 1830. The lowest BCUT2D eigenvalue weighted by Crippen LogP contribution is -2.33. The SMILES string of the molecule is COc1ccc(N2C(=O)[C@H]3[C@H](c4ccc(OC)c(OC)c4)c4sc(=O)n(CC(=O)Nc5ccccc5C)c4S[C@H]3C2=O)cc1. The summed E-state index contributed by atoms with van der Waals surface area (Å²) in [5, 5.41) is 2.55. The number of carbonyl (C=O) groups excluding carboxylic acids is 3. The maximum Gasteiger partial charge on any atom is 0.308 e. The van der Waals surface area contributed by atoms with E-state index in [0.717, 1.165) is 28.7 Å². The van der Waals surface area contributed by atoms with Gasteiger partial charge in [0, 0.05) is 16.5 Å². The molecule has 44 heavy (non-hydrogen) atoms. The normalized spacial score (nSPS) is 18.9. The number of thioether (sulfide) groups is 1. The molecule has 4 aromatic rings. The highest BCUT2D eigenvalue weighted by Gasteiger charge is 2.57. The standard InChI is InChI=1S/C32H29N3O7S2/c1-17-7-5-6-8-21(17)33-24(36)16-34-31-28(44-32(34)39)25(18-9-14-22(41-3)23(15-18)42-4)26-27(43-31)30(38)35(29(26)37)19-10-12-20(40-2)13-11-19/h5-15,25-27H,16H2,1-4H3,(H,33,36)/t25-,26-,27+/m0/s1. The largest absolute Gasteiger partial charge is 0.497 e. The topological polar surface area (TPSA) is 116 Å². The molecule has 2 aliphatic rings. The van der Waals surface area contributed by atoms with Gasteiger partial charge in [0.2, 0.25) is 17.7 Å². The van der Waals surface area contributed by atoms with Gasteiger partial charge in [0.1, 0.15) is 17.5 Å². The average molecular weight is 632 g/mol. The Morgan fingerprint density at radius 2 is 1.61 bits per heavy atom. The quantitative estimate of drug-likeness (QED) is 0.279. The molecule has 1 fully saturated rings. The van der Waals surface area contributed by atoms with E-state index >= 15 is 0 Å². The third-order valence-electron chi connectivity index (χ3n) is 7.87. The number of nitrogens with zero attached hydrogens (tertiary/aromatic N) is 2. The van der Waals surface area contributed by atoms with E-state index in [2.05, 4.69) is 5.32 Å². The third kappa shape index (κ3) is 5.03. The first-order chi connectivity index (χ1) is 21.2. The molecule has 3 heterocycles. The molecule has 0 radical (unpaired) electrons. The fourth-order valence-corrected chi connectivity index (χ4v) is 8.47. The van der Waals surface area contributed by atoms with E-state index in [4.69, 9.17) is 14.2 Å². The lowest BCUT2D eigenvalue weighted by molar-refractivity contribution is -0.122. The number of rotatable bonds is 8. The van der Waals surface area contributed by atoms with Crippen LogP contribution in [0.25, 0.3) is 0 Å². The maximum atomic E-state index is 14.1. The molecular formula is C32H29N3O7S2. The van der Waals surface area contributed by atoms with Gasteiger partial charge in [-0.15, -0.1) is 0 Å². The third-order valence-corrected chi connectivity index (χ3v) is 10.5. The molecule has 6 rings (SSSR count). The first-order valence-corrected chi connectivity index (χ1v) is 15.4. The van der Waals surface area contributed by atoms with Crippen molar-refractivity contribution >= 4 is 52.2 Å². The summed E-state index contributed by atoms with van der Waals surface area (Å²) in [4.78, 5) is 56.2. The Morgan fingerprint density at radius 1 is 0.886 bits per heavy atom. The molecule has 0 bridgehead atoms. The van der Waals surface area contributed by atoms with E-state index < -0.39 is 17.1 Å². The molecule has 0 unspecified atom stereocenters. The van der Waals surface area contributed by atoms with Crippen LogP contribution in [-0.2, 0) is 20.9 Å². The number of hydrogen-bond acceptors (Lipinski definition) is 9. The molecule has 1 N–H and O–H groups in total. The van der Waals surface area contributed by atoms with Crippen LogP contribution in [0.3, 0.4) is 0 Å². The van der Waals surface area contributed by atoms with Crippen LogP contribution >= 0.6 is 23.1 Å². The van der Waals surface area contributed by atoms with Crippen LogP contribution < -0.4 is 29.3 Å². The van der Waals surface area contributed by atoms with Crippen molar-refractivity contribution in [2.75, 3.05) is 31.5 Å². The highest BCUT2D eigenvalue weighted by Crippen LogP contribution is 2.54. The van der Waals surface area contributed by atoms with E-state index in [1.807, 2.05) is 31.2 Å². The maximum absolute atomic E-state index is 14.1. The van der Waals surface area contributed by atoms with Crippen molar-refractivity contribution in [3.8, 4) is 17.2 Å². The number of thiazole rings is 1. The molecule has 0 aliphatic carbocycles. The van der Waals surface area contributed by atoms with Gasteiger partial charge < -0.3 is 19.5 Å². The zero-order chi connectivity index (χ0) is 31.1. The monoisotopic (exact) mass is 631 g/mol. The number of methoxy groups -OCH3 is 3. The first-order valence-electron chi connectivity index (χ1n) is 13.7. The van der Waals surface area contributed by atoms with Crippen molar-refractivity contribution < 1.29 is 28.6 Å². The summed E-state index contributed by atoms with van der Waals surface area (Å²) in [5.41, 5.74) is 2.66. The van der Waals surface area contributed by atoms with Crippen LogP contribution in [0.15, 0.2) is 76.6 Å². The smallest absolute Gasteiger partial charge is 0.308 e. The van der Waals surface area contributed by atoms with E-state index in [1.165, 1.54) is 23.7 Å². The second-order valence-corrected chi connectivity index (χ2v) is 12.5. The summed E-state index contributed by atoms with van der Waals surface area (Å²) in [6, 6.07) is 19.4. The lowest BCUT2D eigenvalue weighted by Gasteiger charge is -2.31. The molecule has 12 heteroatoms. The number of hydrogen-bond donors (Lipinski definition) is 1. The van der Waals surface area contributed by atoms with Crippen LogP contribution in [-0.4, -0.2) is 48.9 Å². The molecule has 1 saturated heterocycles. The Labute approximate surface area is 261 Å². The summed E-state index contributed by atoms with van der Waals surface area (Å²) in [7, 11) is 4.59.